The highest BCUT2D eigenvalue weighted by atomic mass is 32.1. The van der Waals surface area contributed by atoms with Gasteiger partial charge in [-0.3, -0.25) is 5.32 Å². The summed E-state index contributed by atoms with van der Waals surface area (Å²) in [6, 6.07) is 16.7. The van der Waals surface area contributed by atoms with Gasteiger partial charge in [0.05, 0.1) is 0 Å². The molecule has 0 aliphatic heterocycles. The maximum absolute atomic E-state index is 10.1. The number of furan rings is 1. The Morgan fingerprint density at radius 3 is 2.25 bits per heavy atom. The van der Waals surface area contributed by atoms with Crippen LogP contribution in [0.3, 0.4) is 0 Å². The number of para-hydroxylation sites is 1. The van der Waals surface area contributed by atoms with Gasteiger partial charge in [0.15, 0.2) is 10.9 Å². The molecule has 2 aromatic carbocycles. The SMILES string of the molecule is Cc1ccc(-c2oc(NC(=S)Nc3ccccc3)c(O)c2O)cc1. The van der Waals surface area contributed by atoms with Crippen LogP contribution in [0.15, 0.2) is 59.0 Å². The third-order valence-corrected chi connectivity index (χ3v) is 3.64. The molecule has 1 heterocycles. The number of aryl methyl sites for hydroxylation is 1. The van der Waals surface area contributed by atoms with E-state index in [1.54, 1.807) is 12.1 Å². The largest absolute Gasteiger partial charge is 0.502 e. The van der Waals surface area contributed by atoms with Crippen LogP contribution in [0.2, 0.25) is 0 Å². The van der Waals surface area contributed by atoms with E-state index < -0.39 is 0 Å². The van der Waals surface area contributed by atoms with Crippen LogP contribution >= 0.6 is 12.2 Å². The Morgan fingerprint density at radius 1 is 0.917 bits per heavy atom. The van der Waals surface area contributed by atoms with Gasteiger partial charge in [-0.25, -0.2) is 0 Å². The summed E-state index contributed by atoms with van der Waals surface area (Å²) in [5.74, 6) is -0.555. The second-order valence-electron chi connectivity index (χ2n) is 5.27. The van der Waals surface area contributed by atoms with Crippen molar-refractivity contribution < 1.29 is 14.6 Å². The Morgan fingerprint density at radius 2 is 1.58 bits per heavy atom. The van der Waals surface area contributed by atoms with E-state index in [2.05, 4.69) is 10.6 Å². The Labute approximate surface area is 144 Å². The number of nitrogens with one attached hydrogen (secondary N) is 2. The maximum Gasteiger partial charge on any atom is 0.246 e. The number of anilines is 2. The van der Waals surface area contributed by atoms with E-state index in [-0.39, 0.29) is 28.3 Å². The summed E-state index contributed by atoms with van der Waals surface area (Å²) in [6.07, 6.45) is 0. The fraction of sp³-hybridized carbons (Fsp3) is 0.0556. The Hall–Kier alpha value is -2.99. The quantitative estimate of drug-likeness (QED) is 0.527. The zero-order valence-electron chi connectivity index (χ0n) is 12.9. The lowest BCUT2D eigenvalue weighted by Gasteiger charge is -2.08. The first-order valence-corrected chi connectivity index (χ1v) is 7.70. The highest BCUT2D eigenvalue weighted by Gasteiger charge is 2.21. The maximum atomic E-state index is 10.1. The molecule has 0 saturated carbocycles. The number of rotatable bonds is 3. The first-order valence-electron chi connectivity index (χ1n) is 7.29. The van der Waals surface area contributed by atoms with Crippen molar-refractivity contribution in [2.45, 2.75) is 6.92 Å². The molecule has 1 aromatic heterocycles. The topological polar surface area (TPSA) is 77.7 Å². The third kappa shape index (κ3) is 3.33. The minimum absolute atomic E-state index is 0.0171. The van der Waals surface area contributed by atoms with Crippen molar-refractivity contribution in [3.63, 3.8) is 0 Å². The predicted molar refractivity (Wildman–Crippen MR) is 98.5 cm³/mol. The highest BCUT2D eigenvalue weighted by Crippen LogP contribution is 2.45. The second kappa shape index (κ2) is 6.64. The molecule has 0 bridgehead atoms. The molecule has 5 nitrogen and oxygen atoms in total. The first kappa shape index (κ1) is 15.9. The van der Waals surface area contributed by atoms with Gasteiger partial charge in [0, 0.05) is 11.3 Å². The lowest BCUT2D eigenvalue weighted by Crippen LogP contribution is -2.18. The van der Waals surface area contributed by atoms with Gasteiger partial charge < -0.3 is 19.9 Å². The van der Waals surface area contributed by atoms with Crippen LogP contribution in [0.25, 0.3) is 11.3 Å². The molecule has 4 N–H and O–H groups in total. The number of thiocarbonyl (C=S) groups is 1. The molecular formula is C18H16N2O3S. The van der Waals surface area contributed by atoms with Crippen LogP contribution in [0.1, 0.15) is 5.56 Å². The molecule has 3 rings (SSSR count). The second-order valence-corrected chi connectivity index (χ2v) is 5.68. The number of hydrogen-bond acceptors (Lipinski definition) is 4. The number of aromatic hydroxyl groups is 2. The molecule has 0 saturated heterocycles. The summed E-state index contributed by atoms with van der Waals surface area (Å²) in [5, 5.41) is 26.1. The molecule has 0 aliphatic carbocycles. The zero-order valence-corrected chi connectivity index (χ0v) is 13.7. The summed E-state index contributed by atoms with van der Waals surface area (Å²) >= 11 is 5.19. The third-order valence-electron chi connectivity index (χ3n) is 3.43. The monoisotopic (exact) mass is 340 g/mol. The smallest absolute Gasteiger partial charge is 0.246 e. The van der Waals surface area contributed by atoms with Gasteiger partial charge in [-0.1, -0.05) is 48.0 Å². The van der Waals surface area contributed by atoms with Crippen LogP contribution in [-0.4, -0.2) is 15.3 Å². The Kier molecular flexibility index (Phi) is 4.39. The van der Waals surface area contributed by atoms with E-state index in [9.17, 15) is 10.2 Å². The van der Waals surface area contributed by atoms with Crippen LogP contribution in [0.5, 0.6) is 11.5 Å². The summed E-state index contributed by atoms with van der Waals surface area (Å²) in [5.41, 5.74) is 2.54. The molecule has 0 amide bonds. The van der Waals surface area contributed by atoms with E-state index >= 15 is 0 Å². The van der Waals surface area contributed by atoms with Crippen molar-refractivity contribution in [3.8, 4) is 22.8 Å². The average molecular weight is 340 g/mol. The minimum Gasteiger partial charge on any atom is -0.502 e. The molecule has 0 unspecified atom stereocenters. The van der Waals surface area contributed by atoms with E-state index in [4.69, 9.17) is 16.6 Å². The van der Waals surface area contributed by atoms with Crippen LogP contribution < -0.4 is 10.6 Å². The lowest BCUT2D eigenvalue weighted by molar-refractivity contribution is 0.410. The molecule has 3 aromatic rings. The van der Waals surface area contributed by atoms with Crippen molar-refractivity contribution in [2.75, 3.05) is 10.6 Å². The number of hydrogen-bond donors (Lipinski definition) is 4. The van der Waals surface area contributed by atoms with Crippen molar-refractivity contribution in [1.29, 1.82) is 0 Å². The fourth-order valence-corrected chi connectivity index (χ4v) is 2.40. The van der Waals surface area contributed by atoms with Gasteiger partial charge in [-0.15, -0.1) is 0 Å². The average Bonchev–Trinajstić information content (AvgIpc) is 2.85. The molecule has 24 heavy (non-hydrogen) atoms. The molecular weight excluding hydrogens is 324 g/mol. The predicted octanol–water partition coefficient (Wildman–Crippen LogP) is 4.48. The number of benzene rings is 2. The van der Waals surface area contributed by atoms with Crippen LogP contribution in [0.4, 0.5) is 11.6 Å². The molecule has 0 radical (unpaired) electrons. The van der Waals surface area contributed by atoms with Gasteiger partial charge in [0.1, 0.15) is 0 Å². The molecule has 0 atom stereocenters. The molecule has 0 aliphatic rings. The van der Waals surface area contributed by atoms with E-state index in [0.717, 1.165) is 11.3 Å². The molecule has 0 spiro atoms. The van der Waals surface area contributed by atoms with Gasteiger partial charge in [-0.2, -0.15) is 0 Å². The van der Waals surface area contributed by atoms with E-state index in [1.165, 1.54) is 0 Å². The van der Waals surface area contributed by atoms with Crippen LogP contribution in [-0.2, 0) is 0 Å². The standard InChI is InChI=1S/C18H16N2O3S/c1-11-7-9-12(10-8-11)16-14(21)15(22)17(23-16)20-18(24)19-13-5-3-2-4-6-13/h2-10,21-22H,1H3,(H2,19,20,24). The summed E-state index contributed by atoms with van der Waals surface area (Å²) in [7, 11) is 0. The lowest BCUT2D eigenvalue weighted by atomic mass is 10.1. The Bertz CT molecular complexity index is 858. The van der Waals surface area contributed by atoms with E-state index in [1.807, 2.05) is 49.4 Å². The van der Waals surface area contributed by atoms with Gasteiger partial charge in [0.25, 0.3) is 0 Å². The van der Waals surface area contributed by atoms with Crippen molar-refractivity contribution >= 4 is 28.9 Å². The molecule has 122 valence electrons. The molecule has 0 fully saturated rings. The van der Waals surface area contributed by atoms with Gasteiger partial charge in [-0.05, 0) is 31.3 Å². The summed E-state index contributed by atoms with van der Waals surface area (Å²) in [4.78, 5) is 0. The van der Waals surface area contributed by atoms with Gasteiger partial charge >= 0.3 is 0 Å². The highest BCUT2D eigenvalue weighted by molar-refractivity contribution is 7.80. The first-order chi connectivity index (χ1) is 11.5. The molecule has 6 heteroatoms. The Balaban J connectivity index is 1.80. The van der Waals surface area contributed by atoms with Crippen molar-refractivity contribution in [2.24, 2.45) is 0 Å². The normalized spacial score (nSPS) is 10.4. The zero-order chi connectivity index (χ0) is 17.1. The van der Waals surface area contributed by atoms with Gasteiger partial charge in [0.2, 0.25) is 17.4 Å². The summed E-state index contributed by atoms with van der Waals surface area (Å²) < 4.78 is 5.54. The van der Waals surface area contributed by atoms with Crippen molar-refractivity contribution in [3.05, 3.63) is 60.2 Å². The fourth-order valence-electron chi connectivity index (χ4n) is 2.19. The van der Waals surface area contributed by atoms with Crippen molar-refractivity contribution in [1.82, 2.24) is 0 Å². The van der Waals surface area contributed by atoms with E-state index in [0.29, 0.717) is 5.56 Å². The summed E-state index contributed by atoms with van der Waals surface area (Å²) in [6.45, 7) is 1.96. The van der Waals surface area contributed by atoms with Crippen LogP contribution in [0, 0.1) is 6.92 Å². The minimum atomic E-state index is -0.386.